The van der Waals surface area contributed by atoms with Crippen LogP contribution in [0.2, 0.25) is 0 Å². The summed E-state index contributed by atoms with van der Waals surface area (Å²) in [6, 6.07) is 0. The van der Waals surface area contributed by atoms with Crippen molar-refractivity contribution in [1.29, 1.82) is 0 Å². The first-order valence-electron chi connectivity index (χ1n) is 5.82. The van der Waals surface area contributed by atoms with E-state index in [9.17, 15) is 9.36 Å². The molecule has 0 bridgehead atoms. The smallest absolute Gasteiger partial charge is 0.312 e. The van der Waals surface area contributed by atoms with Crippen LogP contribution >= 0.6 is 7.60 Å². The van der Waals surface area contributed by atoms with Gasteiger partial charge >= 0.3 is 7.60 Å². The summed E-state index contributed by atoms with van der Waals surface area (Å²) in [5, 5.41) is 0. The van der Waals surface area contributed by atoms with E-state index < -0.39 is 7.60 Å². The summed E-state index contributed by atoms with van der Waals surface area (Å²) in [5.74, 6) is 0.0525. The monoisotopic (exact) mass is 260 g/mol. The average molecular weight is 260 g/mol. The van der Waals surface area contributed by atoms with Gasteiger partial charge in [-0.05, 0) is 12.3 Å². The molecule has 0 heterocycles. The minimum atomic E-state index is -3.18. The van der Waals surface area contributed by atoms with Crippen molar-refractivity contribution < 1.29 is 18.4 Å². The molecule has 0 aliphatic heterocycles. The Morgan fingerprint density at radius 2 is 2.00 bits per heavy atom. The molecule has 1 fully saturated rings. The summed E-state index contributed by atoms with van der Waals surface area (Å²) in [5.41, 5.74) is 0.439. The second-order valence-electron chi connectivity index (χ2n) is 4.50. The van der Waals surface area contributed by atoms with E-state index >= 15 is 0 Å². The van der Waals surface area contributed by atoms with Crippen LogP contribution in [0.15, 0.2) is 12.2 Å². The minimum absolute atomic E-state index is 0.0410. The van der Waals surface area contributed by atoms with Crippen LogP contribution in [0.25, 0.3) is 0 Å². The van der Waals surface area contributed by atoms with E-state index in [0.717, 1.165) is 5.57 Å². The topological polar surface area (TPSA) is 52.6 Å². The third-order valence-electron chi connectivity index (χ3n) is 3.64. The summed E-state index contributed by atoms with van der Waals surface area (Å²) in [6.45, 7) is 7.70. The number of rotatable bonds is 5. The van der Waals surface area contributed by atoms with Gasteiger partial charge in [0, 0.05) is 26.6 Å². The van der Waals surface area contributed by atoms with Crippen LogP contribution in [0, 0.1) is 11.8 Å². The van der Waals surface area contributed by atoms with Crippen LogP contribution in [-0.4, -0.2) is 25.7 Å². The van der Waals surface area contributed by atoms with Gasteiger partial charge < -0.3 is 9.05 Å². The van der Waals surface area contributed by atoms with Crippen molar-refractivity contribution in [2.45, 2.75) is 32.3 Å². The Labute approximate surface area is 103 Å². The van der Waals surface area contributed by atoms with E-state index in [0.29, 0.717) is 12.8 Å². The van der Waals surface area contributed by atoms with Gasteiger partial charge in [0.25, 0.3) is 0 Å². The molecule has 0 aromatic carbocycles. The molecule has 17 heavy (non-hydrogen) atoms. The van der Waals surface area contributed by atoms with Crippen molar-refractivity contribution >= 4 is 13.4 Å². The molecule has 98 valence electrons. The van der Waals surface area contributed by atoms with Crippen LogP contribution in [0.3, 0.4) is 0 Å². The number of allylic oxidation sites excluding steroid dienone is 1. The molecule has 3 atom stereocenters. The zero-order valence-electron chi connectivity index (χ0n) is 10.9. The summed E-state index contributed by atoms with van der Waals surface area (Å²) >= 11 is 0. The zero-order valence-corrected chi connectivity index (χ0v) is 11.8. The molecule has 0 amide bonds. The fourth-order valence-corrected chi connectivity index (χ4v) is 4.60. The quantitative estimate of drug-likeness (QED) is 0.563. The second-order valence-corrected chi connectivity index (χ2v) is 6.86. The molecule has 0 N–H and O–H groups in total. The third kappa shape index (κ3) is 2.54. The van der Waals surface area contributed by atoms with E-state index in [-0.39, 0.29) is 23.3 Å². The predicted octanol–water partition coefficient (Wildman–Crippen LogP) is 3.03. The molecule has 0 unspecified atom stereocenters. The average Bonchev–Trinajstić information content (AvgIpc) is 2.63. The van der Waals surface area contributed by atoms with Gasteiger partial charge in [0.2, 0.25) is 0 Å². The van der Waals surface area contributed by atoms with E-state index in [1.807, 2.05) is 13.8 Å². The van der Waals surface area contributed by atoms with Gasteiger partial charge in [-0.3, -0.25) is 9.36 Å². The lowest BCUT2D eigenvalue weighted by molar-refractivity contribution is -0.123. The molecule has 1 aliphatic rings. The summed E-state index contributed by atoms with van der Waals surface area (Å²) in [4.78, 5) is 11.8. The summed E-state index contributed by atoms with van der Waals surface area (Å²) in [7, 11) is -0.432. The number of hydrogen-bond donors (Lipinski definition) is 0. The second kappa shape index (κ2) is 5.47. The van der Waals surface area contributed by atoms with E-state index in [2.05, 4.69) is 6.58 Å². The standard InChI is InChI=1S/C12H21O4P/c1-6-11(13)10-7-8(2)12(9(10)3)17(14,15-4)16-5/h9-10,12H,2,6-7H2,1,3-5H3/t9-,10+,12-/m1/s1. The van der Waals surface area contributed by atoms with Crippen molar-refractivity contribution in [2.75, 3.05) is 14.2 Å². The molecular formula is C12H21O4P. The largest absolute Gasteiger partial charge is 0.337 e. The predicted molar refractivity (Wildman–Crippen MR) is 67.1 cm³/mol. The van der Waals surface area contributed by atoms with Gasteiger partial charge in [0.05, 0.1) is 5.66 Å². The Morgan fingerprint density at radius 3 is 2.41 bits per heavy atom. The Hall–Kier alpha value is -0.440. The molecule has 0 aromatic heterocycles. The molecule has 0 radical (unpaired) electrons. The highest BCUT2D eigenvalue weighted by molar-refractivity contribution is 7.55. The van der Waals surface area contributed by atoms with Crippen LogP contribution in [0.4, 0.5) is 0 Å². The zero-order chi connectivity index (χ0) is 13.2. The lowest BCUT2D eigenvalue weighted by atomic mass is 9.92. The van der Waals surface area contributed by atoms with E-state index in [1.165, 1.54) is 14.2 Å². The minimum Gasteiger partial charge on any atom is -0.312 e. The number of carbonyl (C=O) groups is 1. The third-order valence-corrected chi connectivity index (χ3v) is 6.18. The molecule has 1 aliphatic carbocycles. The number of Topliss-reactive ketones (excluding diaryl/α,β-unsaturated/α-hetero) is 1. The summed E-state index contributed by atoms with van der Waals surface area (Å²) in [6.07, 6.45) is 1.09. The highest BCUT2D eigenvalue weighted by atomic mass is 31.2. The van der Waals surface area contributed by atoms with Crippen LogP contribution < -0.4 is 0 Å². The Bertz CT molecular complexity index is 356. The first-order chi connectivity index (χ1) is 7.91. The first-order valence-corrected chi connectivity index (χ1v) is 7.44. The van der Waals surface area contributed by atoms with Crippen molar-refractivity contribution in [3.63, 3.8) is 0 Å². The highest BCUT2D eigenvalue weighted by Crippen LogP contribution is 2.61. The van der Waals surface area contributed by atoms with E-state index in [4.69, 9.17) is 9.05 Å². The van der Waals surface area contributed by atoms with Crippen molar-refractivity contribution in [1.82, 2.24) is 0 Å². The van der Waals surface area contributed by atoms with Gasteiger partial charge in [0.1, 0.15) is 5.78 Å². The fraction of sp³-hybridized carbons (Fsp3) is 0.750. The molecule has 0 spiro atoms. The summed E-state index contributed by atoms with van der Waals surface area (Å²) < 4.78 is 22.5. The highest BCUT2D eigenvalue weighted by Gasteiger charge is 2.49. The fourth-order valence-electron chi connectivity index (χ4n) is 2.66. The number of carbonyl (C=O) groups excluding carboxylic acids is 1. The van der Waals surface area contributed by atoms with E-state index in [1.54, 1.807) is 0 Å². The number of ketones is 1. The maximum atomic E-state index is 12.4. The Morgan fingerprint density at radius 1 is 1.47 bits per heavy atom. The van der Waals surface area contributed by atoms with Crippen molar-refractivity contribution in [3.8, 4) is 0 Å². The molecular weight excluding hydrogens is 239 g/mol. The van der Waals surface area contributed by atoms with Crippen molar-refractivity contribution in [3.05, 3.63) is 12.2 Å². The van der Waals surface area contributed by atoms with Gasteiger partial charge in [-0.2, -0.15) is 0 Å². The van der Waals surface area contributed by atoms with Crippen LogP contribution in [0.5, 0.6) is 0 Å². The molecule has 1 saturated carbocycles. The van der Waals surface area contributed by atoms with Crippen LogP contribution in [-0.2, 0) is 18.4 Å². The molecule has 0 saturated heterocycles. The molecule has 5 heteroatoms. The van der Waals surface area contributed by atoms with Gasteiger partial charge in [-0.25, -0.2) is 0 Å². The maximum absolute atomic E-state index is 12.4. The molecule has 4 nitrogen and oxygen atoms in total. The number of hydrogen-bond acceptors (Lipinski definition) is 4. The first kappa shape index (κ1) is 14.6. The Balaban J connectivity index is 3.00. The van der Waals surface area contributed by atoms with Gasteiger partial charge in [-0.15, -0.1) is 0 Å². The van der Waals surface area contributed by atoms with Gasteiger partial charge in [-0.1, -0.05) is 26.0 Å². The molecule has 0 aromatic rings. The van der Waals surface area contributed by atoms with Gasteiger partial charge in [0.15, 0.2) is 0 Å². The normalized spacial score (nSPS) is 29.6. The van der Waals surface area contributed by atoms with Crippen molar-refractivity contribution in [2.24, 2.45) is 11.8 Å². The molecule has 1 rings (SSSR count). The Kier molecular flexibility index (Phi) is 4.70. The lowest BCUT2D eigenvalue weighted by Gasteiger charge is -2.25. The SMILES string of the molecule is C=C1C[C@H](C(=O)CC)[C@@H](C)[C@@H]1P(=O)(OC)OC. The maximum Gasteiger partial charge on any atom is 0.337 e. The lowest BCUT2D eigenvalue weighted by Crippen LogP contribution is -2.23. The van der Waals surface area contributed by atoms with Crippen LogP contribution in [0.1, 0.15) is 26.7 Å².